The van der Waals surface area contributed by atoms with Gasteiger partial charge >= 0.3 is 6.18 Å². The van der Waals surface area contributed by atoms with Crippen molar-refractivity contribution in [2.45, 2.75) is 6.18 Å². The number of halogens is 7. The fraction of sp³-hybridized carbons (Fsp3) is 0.0526. The largest absolute Gasteiger partial charge is 0.418 e. The highest BCUT2D eigenvalue weighted by atomic mass is 127. The third-order valence-electron chi connectivity index (χ3n) is 3.19. The van der Waals surface area contributed by atoms with Crippen molar-refractivity contribution in [1.82, 2.24) is 0 Å². The summed E-state index contributed by atoms with van der Waals surface area (Å²) in [4.78, 5) is 0. The fourth-order valence-electron chi connectivity index (χ4n) is 1.76. The SMILES string of the molecule is Nc1ccc(F)cc1I.Nc1ccc(I)cc1F.Nc1ccccc1C(F)(F)F. The Kier molecular flexibility index (Phi) is 9.89. The van der Waals surface area contributed by atoms with E-state index in [1.165, 1.54) is 36.4 Å². The average Bonchev–Trinajstić information content (AvgIpc) is 2.62. The molecule has 0 amide bonds. The molecule has 3 aromatic carbocycles. The Morgan fingerprint density at radius 3 is 1.69 bits per heavy atom. The maximum atomic E-state index is 12.4. The number of anilines is 3. The summed E-state index contributed by atoms with van der Waals surface area (Å²) in [5.41, 5.74) is 15.5. The molecule has 0 bridgehead atoms. The third-order valence-corrected chi connectivity index (χ3v) is 4.80. The molecule has 0 unspecified atom stereocenters. The quantitative estimate of drug-likeness (QED) is 0.154. The van der Waals surface area contributed by atoms with E-state index in [0.29, 0.717) is 5.69 Å². The second kappa shape index (κ2) is 11.4. The highest BCUT2D eigenvalue weighted by Crippen LogP contribution is 2.32. The minimum atomic E-state index is -4.34. The second-order valence-corrected chi connectivity index (χ2v) is 7.82. The molecule has 6 N–H and O–H groups in total. The molecule has 0 atom stereocenters. The molecule has 29 heavy (non-hydrogen) atoms. The summed E-state index contributed by atoms with van der Waals surface area (Å²) < 4.78 is 62.3. The zero-order valence-corrected chi connectivity index (χ0v) is 19.0. The second-order valence-electron chi connectivity index (χ2n) is 5.42. The molecule has 0 fully saturated rings. The zero-order valence-electron chi connectivity index (χ0n) is 14.7. The Morgan fingerprint density at radius 1 is 0.690 bits per heavy atom. The van der Waals surface area contributed by atoms with E-state index in [9.17, 15) is 22.0 Å². The first-order valence-corrected chi connectivity index (χ1v) is 9.90. The molecule has 0 spiro atoms. The highest BCUT2D eigenvalue weighted by molar-refractivity contribution is 14.1. The number of rotatable bonds is 0. The zero-order chi connectivity index (χ0) is 22.2. The van der Waals surface area contributed by atoms with E-state index in [1.54, 1.807) is 18.2 Å². The number of hydrogen-bond acceptors (Lipinski definition) is 3. The van der Waals surface area contributed by atoms with Crippen LogP contribution in [0, 0.1) is 18.8 Å². The van der Waals surface area contributed by atoms with Crippen molar-refractivity contribution in [2.75, 3.05) is 17.2 Å². The molecule has 3 aromatic rings. The lowest BCUT2D eigenvalue weighted by molar-refractivity contribution is -0.136. The number of para-hydroxylation sites is 1. The van der Waals surface area contributed by atoms with Crippen LogP contribution in [0.2, 0.25) is 0 Å². The van der Waals surface area contributed by atoms with Gasteiger partial charge in [-0.05, 0) is 93.7 Å². The molecule has 156 valence electrons. The summed E-state index contributed by atoms with van der Waals surface area (Å²) in [5.74, 6) is -0.587. The lowest BCUT2D eigenvalue weighted by Crippen LogP contribution is -2.07. The van der Waals surface area contributed by atoms with Crippen molar-refractivity contribution in [1.29, 1.82) is 0 Å². The molecule has 0 radical (unpaired) electrons. The lowest BCUT2D eigenvalue weighted by atomic mass is 10.2. The van der Waals surface area contributed by atoms with E-state index in [2.05, 4.69) is 0 Å². The Hall–Kier alpha value is -1.83. The molecule has 0 aromatic heterocycles. The van der Waals surface area contributed by atoms with E-state index in [1.807, 2.05) is 45.2 Å². The van der Waals surface area contributed by atoms with E-state index in [-0.39, 0.29) is 23.0 Å². The molecule has 0 aliphatic carbocycles. The van der Waals surface area contributed by atoms with Crippen LogP contribution in [0.4, 0.5) is 39.0 Å². The van der Waals surface area contributed by atoms with Crippen LogP contribution in [0.1, 0.15) is 5.56 Å². The summed E-state index contributed by atoms with van der Waals surface area (Å²) >= 11 is 4.01. The van der Waals surface area contributed by atoms with Crippen LogP contribution < -0.4 is 17.2 Å². The summed E-state index contributed by atoms with van der Waals surface area (Å²) in [7, 11) is 0. The first-order valence-electron chi connectivity index (χ1n) is 7.74. The molecule has 3 rings (SSSR count). The third kappa shape index (κ3) is 9.02. The highest BCUT2D eigenvalue weighted by Gasteiger charge is 2.32. The molecule has 3 nitrogen and oxygen atoms in total. The molecule has 0 saturated heterocycles. The minimum Gasteiger partial charge on any atom is -0.398 e. The van der Waals surface area contributed by atoms with E-state index >= 15 is 0 Å². The van der Waals surface area contributed by atoms with Gasteiger partial charge in [0.15, 0.2) is 0 Å². The Morgan fingerprint density at radius 2 is 1.28 bits per heavy atom. The van der Waals surface area contributed by atoms with Gasteiger partial charge in [0.05, 0.1) is 11.3 Å². The lowest BCUT2D eigenvalue weighted by Gasteiger charge is -2.07. The molecule has 0 saturated carbocycles. The normalized spacial score (nSPS) is 10.3. The van der Waals surface area contributed by atoms with Gasteiger partial charge in [-0.25, -0.2) is 8.78 Å². The predicted octanol–water partition coefficient (Wildman–Crippen LogP) is 6.31. The van der Waals surface area contributed by atoms with Gasteiger partial charge < -0.3 is 17.2 Å². The number of hydrogen-bond donors (Lipinski definition) is 3. The Labute approximate surface area is 191 Å². The van der Waals surface area contributed by atoms with Crippen LogP contribution >= 0.6 is 45.2 Å². The van der Waals surface area contributed by atoms with Crippen LogP contribution in [-0.2, 0) is 6.18 Å². The molecular formula is C19H16F5I2N3. The van der Waals surface area contributed by atoms with Crippen molar-refractivity contribution in [2.24, 2.45) is 0 Å². The van der Waals surface area contributed by atoms with Crippen molar-refractivity contribution in [3.05, 3.63) is 85.0 Å². The Bertz CT molecular complexity index is 900. The minimum absolute atomic E-state index is 0.204. The molecule has 10 heteroatoms. The summed E-state index contributed by atoms with van der Waals surface area (Å²) in [5, 5.41) is 0. The standard InChI is InChI=1S/C7H6F3N.2C6H5FIN/c8-7(9,10)5-3-1-2-4-6(5)11;7-5-3-4(8)1-2-6(5)9;7-4-1-2-6(9)5(8)3-4/h1-4H,11H2;2*1-3H,9H2. The van der Waals surface area contributed by atoms with Crippen molar-refractivity contribution >= 4 is 62.2 Å². The van der Waals surface area contributed by atoms with Crippen LogP contribution in [0.3, 0.4) is 0 Å². The van der Waals surface area contributed by atoms with Gasteiger partial charge in [-0.2, -0.15) is 13.2 Å². The van der Waals surface area contributed by atoms with Crippen LogP contribution in [0.25, 0.3) is 0 Å². The fourth-order valence-corrected chi connectivity index (χ4v) is 2.69. The van der Waals surface area contributed by atoms with E-state index in [4.69, 9.17) is 17.2 Å². The molecule has 0 aliphatic heterocycles. The number of alkyl halides is 3. The maximum Gasteiger partial charge on any atom is 0.418 e. The van der Waals surface area contributed by atoms with Gasteiger partial charge in [0.25, 0.3) is 0 Å². The van der Waals surface area contributed by atoms with Crippen molar-refractivity contribution < 1.29 is 22.0 Å². The summed E-state index contributed by atoms with van der Waals surface area (Å²) in [6.45, 7) is 0. The Balaban J connectivity index is 0.000000219. The van der Waals surface area contributed by atoms with Crippen molar-refractivity contribution in [3.63, 3.8) is 0 Å². The topological polar surface area (TPSA) is 78.1 Å². The summed E-state index contributed by atoms with van der Waals surface area (Å²) in [6.07, 6.45) is -4.34. The molecule has 0 heterocycles. The first-order chi connectivity index (χ1) is 13.4. The van der Waals surface area contributed by atoms with Gasteiger partial charge in [-0.15, -0.1) is 0 Å². The molecule has 0 aliphatic rings. The van der Waals surface area contributed by atoms with Gasteiger partial charge in [0, 0.05) is 18.5 Å². The predicted molar refractivity (Wildman–Crippen MR) is 123 cm³/mol. The van der Waals surface area contributed by atoms with E-state index < -0.39 is 11.7 Å². The summed E-state index contributed by atoms with van der Waals surface area (Å²) in [6, 6.07) is 14.0. The van der Waals surface area contributed by atoms with E-state index in [0.717, 1.165) is 13.2 Å². The van der Waals surface area contributed by atoms with Gasteiger partial charge in [0.1, 0.15) is 11.6 Å². The smallest absolute Gasteiger partial charge is 0.398 e. The molecular weight excluding hydrogens is 619 g/mol. The van der Waals surface area contributed by atoms with Crippen LogP contribution in [-0.4, -0.2) is 0 Å². The average molecular weight is 635 g/mol. The first kappa shape index (κ1) is 25.2. The number of benzene rings is 3. The van der Waals surface area contributed by atoms with Gasteiger partial charge in [-0.3, -0.25) is 0 Å². The number of nitrogens with two attached hydrogens (primary N) is 3. The van der Waals surface area contributed by atoms with Crippen LogP contribution in [0.5, 0.6) is 0 Å². The van der Waals surface area contributed by atoms with Gasteiger partial charge in [-0.1, -0.05) is 12.1 Å². The van der Waals surface area contributed by atoms with Crippen molar-refractivity contribution in [3.8, 4) is 0 Å². The monoisotopic (exact) mass is 635 g/mol. The van der Waals surface area contributed by atoms with Crippen LogP contribution in [0.15, 0.2) is 60.7 Å². The van der Waals surface area contributed by atoms with Gasteiger partial charge in [0.2, 0.25) is 0 Å². The number of nitrogen functional groups attached to an aromatic ring is 3. The maximum absolute atomic E-state index is 12.4.